The molecule has 0 spiro atoms. The first kappa shape index (κ1) is 21.1. The number of amides is 1. The van der Waals surface area contributed by atoms with E-state index < -0.39 is 11.7 Å². The lowest BCUT2D eigenvalue weighted by atomic mass is 10.00. The highest BCUT2D eigenvalue weighted by Crippen LogP contribution is 2.22. The zero-order chi connectivity index (χ0) is 21.8. The summed E-state index contributed by atoms with van der Waals surface area (Å²) in [7, 11) is 0. The molecule has 0 aromatic heterocycles. The van der Waals surface area contributed by atoms with E-state index in [1.165, 1.54) is 12.1 Å². The maximum Gasteiger partial charge on any atom is 0.257 e. The first-order valence-electron chi connectivity index (χ1n) is 10.1. The summed E-state index contributed by atoms with van der Waals surface area (Å²) < 4.78 is 14.3. The molecule has 158 valence electrons. The molecule has 0 bridgehead atoms. The summed E-state index contributed by atoms with van der Waals surface area (Å²) in [6.45, 7) is 2.59. The number of carbonyl (C=O) groups excluding carboxylic acids is 1. The molecule has 1 atom stereocenters. The van der Waals surface area contributed by atoms with Gasteiger partial charge in [-0.3, -0.25) is 4.79 Å². The zero-order valence-corrected chi connectivity index (χ0v) is 17.8. The van der Waals surface area contributed by atoms with Crippen LogP contribution in [-0.2, 0) is 11.4 Å². The van der Waals surface area contributed by atoms with Gasteiger partial charge in [0.25, 0.3) is 5.91 Å². The number of carbonyl (C=O) groups is 1. The van der Waals surface area contributed by atoms with Crippen molar-refractivity contribution >= 4 is 23.2 Å². The topological polar surface area (TPSA) is 41.9 Å². The molecule has 1 amide bonds. The molecule has 1 aliphatic rings. The van der Waals surface area contributed by atoms with Crippen molar-refractivity contribution < 1.29 is 14.0 Å². The number of rotatable bonds is 6. The van der Waals surface area contributed by atoms with E-state index in [1.54, 1.807) is 29.2 Å². The van der Waals surface area contributed by atoms with Gasteiger partial charge in [0.2, 0.25) is 0 Å². The van der Waals surface area contributed by atoms with Gasteiger partial charge in [-0.1, -0.05) is 65.3 Å². The lowest BCUT2D eigenvalue weighted by molar-refractivity contribution is 0.0402. The molecule has 31 heavy (non-hydrogen) atoms. The van der Waals surface area contributed by atoms with Crippen LogP contribution in [0.25, 0.3) is 0 Å². The molecule has 1 heterocycles. The van der Waals surface area contributed by atoms with Crippen LogP contribution in [0, 0.1) is 12.7 Å². The van der Waals surface area contributed by atoms with E-state index in [2.05, 4.69) is 5.16 Å². The lowest BCUT2D eigenvalue weighted by Crippen LogP contribution is -2.37. The number of oxime groups is 1. The molecular weight excluding hydrogens is 415 g/mol. The number of halogens is 2. The van der Waals surface area contributed by atoms with Crippen LogP contribution in [0.2, 0.25) is 5.02 Å². The predicted octanol–water partition coefficient (Wildman–Crippen LogP) is 5.62. The Morgan fingerprint density at radius 1 is 1.13 bits per heavy atom. The van der Waals surface area contributed by atoms with E-state index in [4.69, 9.17) is 16.4 Å². The van der Waals surface area contributed by atoms with E-state index in [0.717, 1.165) is 22.4 Å². The van der Waals surface area contributed by atoms with Crippen LogP contribution in [0.4, 0.5) is 4.39 Å². The van der Waals surface area contributed by atoms with E-state index in [9.17, 15) is 9.18 Å². The quantitative estimate of drug-likeness (QED) is 0.503. The number of hydrogen-bond donors (Lipinski definition) is 0. The van der Waals surface area contributed by atoms with E-state index in [1.807, 2.05) is 43.3 Å². The maximum absolute atomic E-state index is 14.3. The molecular formula is C25H22ClFN2O2. The minimum absolute atomic E-state index is 0.0302. The third kappa shape index (κ3) is 4.94. The highest BCUT2D eigenvalue weighted by atomic mass is 35.5. The molecule has 0 fully saturated rings. The summed E-state index contributed by atoms with van der Waals surface area (Å²) in [6.07, 6.45) is 0.256. The minimum atomic E-state index is -0.548. The van der Waals surface area contributed by atoms with Crippen LogP contribution >= 0.6 is 11.6 Å². The zero-order valence-electron chi connectivity index (χ0n) is 17.1. The molecule has 0 saturated heterocycles. The van der Waals surface area contributed by atoms with Crippen LogP contribution < -0.4 is 0 Å². The van der Waals surface area contributed by atoms with Gasteiger partial charge >= 0.3 is 0 Å². The van der Waals surface area contributed by atoms with Crippen molar-refractivity contribution in [1.29, 1.82) is 0 Å². The van der Waals surface area contributed by atoms with Gasteiger partial charge in [-0.15, -0.1) is 0 Å². The molecule has 1 aliphatic heterocycles. The van der Waals surface area contributed by atoms with Gasteiger partial charge < -0.3 is 9.74 Å². The predicted molar refractivity (Wildman–Crippen MR) is 120 cm³/mol. The van der Waals surface area contributed by atoms with Crippen molar-refractivity contribution in [3.63, 3.8) is 0 Å². The molecule has 0 N–H and O–H groups in total. The Morgan fingerprint density at radius 3 is 2.68 bits per heavy atom. The first-order valence-corrected chi connectivity index (χ1v) is 10.5. The van der Waals surface area contributed by atoms with Crippen molar-refractivity contribution in [2.75, 3.05) is 6.54 Å². The third-order valence-electron chi connectivity index (χ3n) is 5.27. The van der Waals surface area contributed by atoms with Crippen molar-refractivity contribution in [1.82, 2.24) is 4.90 Å². The van der Waals surface area contributed by atoms with Crippen molar-refractivity contribution in [3.8, 4) is 0 Å². The molecule has 1 unspecified atom stereocenters. The Kier molecular flexibility index (Phi) is 6.33. The fraction of sp³-hybridized carbons (Fsp3) is 0.200. The second kappa shape index (κ2) is 9.31. The second-order valence-corrected chi connectivity index (χ2v) is 8.02. The van der Waals surface area contributed by atoms with Gasteiger partial charge in [0.15, 0.2) is 6.10 Å². The summed E-state index contributed by atoms with van der Waals surface area (Å²) in [5.41, 5.74) is 3.89. The Labute approximate surface area is 185 Å². The lowest BCUT2D eigenvalue weighted by Gasteiger charge is -2.25. The van der Waals surface area contributed by atoms with Crippen LogP contribution in [0.1, 0.15) is 33.5 Å². The Bertz CT molecular complexity index is 1130. The Balaban J connectivity index is 1.54. The molecule has 0 radical (unpaired) electrons. The Morgan fingerprint density at radius 2 is 1.90 bits per heavy atom. The Hall–Kier alpha value is -3.18. The van der Waals surface area contributed by atoms with E-state index in [-0.39, 0.29) is 24.8 Å². The second-order valence-electron chi connectivity index (χ2n) is 7.58. The van der Waals surface area contributed by atoms with Crippen molar-refractivity contribution in [3.05, 3.63) is 106 Å². The highest BCUT2D eigenvalue weighted by Gasteiger charge is 2.28. The number of hydrogen-bond acceptors (Lipinski definition) is 3. The average Bonchev–Trinajstić information content (AvgIpc) is 3.22. The van der Waals surface area contributed by atoms with Crippen LogP contribution in [0.15, 0.2) is 78.0 Å². The summed E-state index contributed by atoms with van der Waals surface area (Å²) >= 11 is 6.12. The van der Waals surface area contributed by atoms with Gasteiger partial charge in [0.1, 0.15) is 5.82 Å². The van der Waals surface area contributed by atoms with Gasteiger partial charge in [-0.2, -0.15) is 0 Å². The maximum atomic E-state index is 14.3. The van der Waals surface area contributed by atoms with E-state index >= 15 is 0 Å². The van der Waals surface area contributed by atoms with Crippen molar-refractivity contribution in [2.45, 2.75) is 26.0 Å². The third-order valence-corrected chi connectivity index (χ3v) is 5.50. The summed E-state index contributed by atoms with van der Waals surface area (Å²) in [5, 5.41) is 4.84. The van der Waals surface area contributed by atoms with Gasteiger partial charge in [0, 0.05) is 23.6 Å². The largest absolute Gasteiger partial charge is 0.390 e. The highest BCUT2D eigenvalue weighted by molar-refractivity contribution is 6.30. The van der Waals surface area contributed by atoms with Gasteiger partial charge in [-0.05, 0) is 42.3 Å². The fourth-order valence-corrected chi connectivity index (χ4v) is 3.92. The average molecular weight is 437 g/mol. The standard InChI is InChI=1S/C25H22ClFN2O2/c1-17-7-2-3-10-21(17)24-14-20(31-28-24)16-29(15-18-8-6-9-19(26)13-18)25(30)22-11-4-5-12-23(22)27/h2-13,20H,14-16H2,1H3. The molecule has 6 heteroatoms. The fourth-order valence-electron chi connectivity index (χ4n) is 3.71. The summed E-state index contributed by atoms with van der Waals surface area (Å²) in [5.74, 6) is -0.946. The summed E-state index contributed by atoms with van der Waals surface area (Å²) in [6, 6.07) is 21.3. The normalized spacial score (nSPS) is 15.3. The SMILES string of the molecule is Cc1ccccc1C1=NOC(CN(Cc2cccc(Cl)c2)C(=O)c2ccccc2F)C1. The molecule has 0 aliphatic carbocycles. The van der Waals surface area contributed by atoms with E-state index in [0.29, 0.717) is 11.4 Å². The number of nitrogens with zero attached hydrogens (tertiary/aromatic N) is 2. The molecule has 0 saturated carbocycles. The van der Waals surface area contributed by atoms with Crippen LogP contribution in [0.3, 0.4) is 0 Å². The summed E-state index contributed by atoms with van der Waals surface area (Å²) in [4.78, 5) is 20.5. The van der Waals surface area contributed by atoms with Crippen molar-refractivity contribution in [2.24, 2.45) is 5.16 Å². The molecule has 3 aromatic rings. The smallest absolute Gasteiger partial charge is 0.257 e. The van der Waals surface area contributed by atoms with Crippen LogP contribution in [0.5, 0.6) is 0 Å². The first-order chi connectivity index (χ1) is 15.0. The van der Waals surface area contributed by atoms with Crippen LogP contribution in [-0.4, -0.2) is 29.2 Å². The number of benzene rings is 3. The monoisotopic (exact) mass is 436 g/mol. The minimum Gasteiger partial charge on any atom is -0.390 e. The molecule has 4 rings (SSSR count). The van der Waals surface area contributed by atoms with Gasteiger partial charge in [0.05, 0.1) is 17.8 Å². The molecule has 4 nitrogen and oxygen atoms in total. The van der Waals surface area contributed by atoms with Gasteiger partial charge in [-0.25, -0.2) is 4.39 Å². The number of aryl methyl sites for hydroxylation is 1. The molecule has 3 aromatic carbocycles.